The number of unbranched alkanes of at least 4 members (excludes halogenated alkanes) is 1. The van der Waals surface area contributed by atoms with Gasteiger partial charge in [0, 0.05) is 31.7 Å². The van der Waals surface area contributed by atoms with E-state index in [0.29, 0.717) is 19.7 Å². The van der Waals surface area contributed by atoms with E-state index in [4.69, 9.17) is 23.9 Å². The molecule has 2 heterocycles. The van der Waals surface area contributed by atoms with Gasteiger partial charge in [0.05, 0.1) is 30.7 Å². The average molecular weight is 604 g/mol. The molecule has 0 saturated carbocycles. The van der Waals surface area contributed by atoms with Gasteiger partial charge in [0.15, 0.2) is 11.5 Å². The van der Waals surface area contributed by atoms with Crippen LogP contribution in [0, 0.1) is 0 Å². The van der Waals surface area contributed by atoms with Gasteiger partial charge in [-0.2, -0.15) is 0 Å². The number of imidazole rings is 1. The molecule has 5 aromatic rings. The van der Waals surface area contributed by atoms with E-state index in [2.05, 4.69) is 89.2 Å². The Morgan fingerprint density at radius 2 is 1.58 bits per heavy atom. The maximum absolute atomic E-state index is 5.85. The van der Waals surface area contributed by atoms with Gasteiger partial charge in [-0.1, -0.05) is 74.0 Å². The minimum absolute atomic E-state index is 0.259. The molecule has 0 saturated heterocycles. The van der Waals surface area contributed by atoms with Gasteiger partial charge in [-0.05, 0) is 60.9 Å². The average Bonchev–Trinajstić information content (AvgIpc) is 3.68. The Morgan fingerprint density at radius 1 is 0.800 bits per heavy atom. The number of hydrogen-bond acceptors (Lipinski definition) is 6. The van der Waals surface area contributed by atoms with E-state index in [9.17, 15) is 0 Å². The van der Waals surface area contributed by atoms with E-state index < -0.39 is 0 Å². The fraction of sp³-hybridized carbons (Fsp3) is 0.289. The summed E-state index contributed by atoms with van der Waals surface area (Å²) >= 11 is 0. The first-order valence-corrected chi connectivity index (χ1v) is 15.8. The Morgan fingerprint density at radius 3 is 2.38 bits per heavy atom. The van der Waals surface area contributed by atoms with Crippen molar-refractivity contribution in [3.63, 3.8) is 0 Å². The molecule has 0 unspecified atom stereocenters. The zero-order valence-corrected chi connectivity index (χ0v) is 26.4. The first-order valence-electron chi connectivity index (χ1n) is 15.8. The molecule has 0 aliphatic carbocycles. The number of hydrogen-bond donors (Lipinski definition) is 0. The second kappa shape index (κ2) is 14.4. The number of aromatic nitrogens is 2. The van der Waals surface area contributed by atoms with Crippen LogP contribution < -0.4 is 18.9 Å². The van der Waals surface area contributed by atoms with Crippen molar-refractivity contribution in [1.29, 1.82) is 0 Å². The number of benzene rings is 4. The van der Waals surface area contributed by atoms with E-state index in [1.54, 1.807) is 7.11 Å². The normalized spacial score (nSPS) is 12.1. The third kappa shape index (κ3) is 6.99. The van der Waals surface area contributed by atoms with E-state index in [0.717, 1.165) is 77.1 Å². The second-order valence-corrected chi connectivity index (χ2v) is 11.2. The van der Waals surface area contributed by atoms with Crippen molar-refractivity contribution in [3.05, 3.63) is 114 Å². The molecule has 232 valence electrons. The highest BCUT2D eigenvalue weighted by molar-refractivity contribution is 5.71. The molecule has 45 heavy (non-hydrogen) atoms. The Labute approximate surface area is 266 Å². The van der Waals surface area contributed by atoms with E-state index in [1.807, 2.05) is 31.2 Å². The van der Waals surface area contributed by atoms with Gasteiger partial charge in [0.25, 0.3) is 0 Å². The van der Waals surface area contributed by atoms with Crippen LogP contribution in [0.3, 0.4) is 0 Å². The topological polar surface area (TPSA) is 58.0 Å². The molecule has 1 aromatic heterocycles. The summed E-state index contributed by atoms with van der Waals surface area (Å²) in [6.45, 7) is 8.12. The first kappa shape index (κ1) is 30.3. The fourth-order valence-corrected chi connectivity index (χ4v) is 5.90. The maximum Gasteiger partial charge on any atom is 0.231 e. The summed E-state index contributed by atoms with van der Waals surface area (Å²) in [7, 11) is 1.72. The molecule has 0 bridgehead atoms. The standard InChI is InChI=1S/C38H41N3O4/c1-4-6-21-41-33(37(30-14-8-7-9-15-30)39-38(41)32-17-10-11-18-34(32)42-3)26-40(24-28-13-12-16-31(22-28)43-5-2)25-29-19-20-35-36(23-29)45-27-44-35/h7-20,22-23H,4-6,21,24-27H2,1-3H3. The molecule has 1 aliphatic rings. The van der Waals surface area contributed by atoms with Crippen LogP contribution in [0.15, 0.2) is 97.1 Å². The largest absolute Gasteiger partial charge is 0.496 e. The summed E-state index contributed by atoms with van der Waals surface area (Å²) in [6.07, 6.45) is 2.12. The Balaban J connectivity index is 1.46. The van der Waals surface area contributed by atoms with Crippen molar-refractivity contribution in [3.8, 4) is 45.6 Å². The lowest BCUT2D eigenvalue weighted by molar-refractivity contribution is 0.174. The highest BCUT2D eigenvalue weighted by atomic mass is 16.7. The molecule has 0 spiro atoms. The van der Waals surface area contributed by atoms with Gasteiger partial charge in [-0.15, -0.1) is 0 Å². The number of rotatable bonds is 14. The van der Waals surface area contributed by atoms with E-state index in [1.165, 1.54) is 11.3 Å². The van der Waals surface area contributed by atoms with E-state index in [-0.39, 0.29) is 6.79 Å². The monoisotopic (exact) mass is 603 g/mol. The van der Waals surface area contributed by atoms with Crippen LogP contribution in [0.4, 0.5) is 0 Å². The Bertz CT molecular complexity index is 1720. The molecule has 0 fully saturated rings. The molecular formula is C38H41N3O4. The third-order valence-corrected chi connectivity index (χ3v) is 8.04. The van der Waals surface area contributed by atoms with Gasteiger partial charge in [0.2, 0.25) is 6.79 Å². The first-order chi connectivity index (χ1) is 22.2. The molecule has 7 nitrogen and oxygen atoms in total. The molecule has 0 amide bonds. The van der Waals surface area contributed by atoms with Gasteiger partial charge in [-0.25, -0.2) is 4.98 Å². The van der Waals surface area contributed by atoms with Crippen LogP contribution in [0.1, 0.15) is 43.5 Å². The number of methoxy groups -OCH3 is 1. The van der Waals surface area contributed by atoms with Crippen LogP contribution in [0.25, 0.3) is 22.6 Å². The molecule has 7 heteroatoms. The summed E-state index contributed by atoms with van der Waals surface area (Å²) in [4.78, 5) is 7.84. The third-order valence-electron chi connectivity index (χ3n) is 8.04. The molecule has 0 radical (unpaired) electrons. The highest BCUT2D eigenvalue weighted by Gasteiger charge is 2.24. The molecule has 0 N–H and O–H groups in total. The van der Waals surface area contributed by atoms with Crippen LogP contribution in [0.2, 0.25) is 0 Å². The molecular weight excluding hydrogens is 562 g/mol. The van der Waals surface area contributed by atoms with Crippen molar-refractivity contribution in [2.75, 3.05) is 20.5 Å². The van der Waals surface area contributed by atoms with Crippen LogP contribution in [0.5, 0.6) is 23.0 Å². The van der Waals surface area contributed by atoms with Crippen molar-refractivity contribution in [1.82, 2.24) is 14.5 Å². The van der Waals surface area contributed by atoms with Crippen LogP contribution in [-0.4, -0.2) is 35.0 Å². The molecule has 1 aliphatic heterocycles. The summed E-state index contributed by atoms with van der Waals surface area (Å²) in [5.74, 6) is 4.21. The predicted octanol–water partition coefficient (Wildman–Crippen LogP) is 8.36. The maximum atomic E-state index is 5.85. The molecule has 6 rings (SSSR count). The van der Waals surface area contributed by atoms with Gasteiger partial charge < -0.3 is 23.5 Å². The fourth-order valence-electron chi connectivity index (χ4n) is 5.90. The Hall–Kier alpha value is -4.75. The van der Waals surface area contributed by atoms with Crippen molar-refractivity contribution in [2.24, 2.45) is 0 Å². The van der Waals surface area contributed by atoms with Crippen LogP contribution >= 0.6 is 0 Å². The quantitative estimate of drug-likeness (QED) is 0.127. The molecule has 0 atom stereocenters. The number of fused-ring (bicyclic) bond motifs is 1. The summed E-state index contributed by atoms with van der Waals surface area (Å²) in [5, 5.41) is 0. The highest BCUT2D eigenvalue weighted by Crippen LogP contribution is 2.37. The van der Waals surface area contributed by atoms with Gasteiger partial charge >= 0.3 is 0 Å². The summed E-state index contributed by atoms with van der Waals surface area (Å²) in [6, 6.07) is 33.3. The molecule has 4 aromatic carbocycles. The van der Waals surface area contributed by atoms with E-state index >= 15 is 0 Å². The van der Waals surface area contributed by atoms with Crippen molar-refractivity contribution >= 4 is 0 Å². The van der Waals surface area contributed by atoms with Gasteiger partial charge in [0.1, 0.15) is 17.3 Å². The lowest BCUT2D eigenvalue weighted by atomic mass is 10.1. The predicted molar refractivity (Wildman–Crippen MR) is 178 cm³/mol. The second-order valence-electron chi connectivity index (χ2n) is 11.2. The number of nitrogens with zero attached hydrogens (tertiary/aromatic N) is 3. The zero-order valence-electron chi connectivity index (χ0n) is 26.4. The lowest BCUT2D eigenvalue weighted by Gasteiger charge is -2.25. The smallest absolute Gasteiger partial charge is 0.231 e. The summed E-state index contributed by atoms with van der Waals surface area (Å²) in [5.41, 5.74) is 6.61. The number of ether oxygens (including phenoxy) is 4. The minimum Gasteiger partial charge on any atom is -0.496 e. The number of para-hydroxylation sites is 1. The lowest BCUT2D eigenvalue weighted by Crippen LogP contribution is -2.24. The SMILES string of the molecule is CCCCn1c(-c2ccccc2OC)nc(-c2ccccc2)c1CN(Cc1cccc(OCC)c1)Cc1ccc2c(c1)OCO2. The zero-order chi connectivity index (χ0) is 31.0. The van der Waals surface area contributed by atoms with Crippen molar-refractivity contribution in [2.45, 2.75) is 52.9 Å². The van der Waals surface area contributed by atoms with Crippen LogP contribution in [-0.2, 0) is 26.2 Å². The minimum atomic E-state index is 0.259. The van der Waals surface area contributed by atoms with Crippen molar-refractivity contribution < 1.29 is 18.9 Å². The Kier molecular flexibility index (Phi) is 9.66. The summed E-state index contributed by atoms with van der Waals surface area (Å²) < 4.78 is 25.4. The van der Waals surface area contributed by atoms with Gasteiger partial charge in [-0.3, -0.25) is 4.90 Å².